The van der Waals surface area contributed by atoms with E-state index < -0.39 is 0 Å². The zero-order valence-electron chi connectivity index (χ0n) is 10.2. The first-order valence-corrected chi connectivity index (χ1v) is 8.09. The van der Waals surface area contributed by atoms with E-state index >= 15 is 0 Å². The lowest BCUT2D eigenvalue weighted by molar-refractivity contribution is 0.0999. The SMILES string of the molecule is NC(=O)c1cccc(I)c1C1CC2CC=NC=C2S1. The van der Waals surface area contributed by atoms with Crippen LogP contribution < -0.4 is 5.73 Å². The minimum absolute atomic E-state index is 0.313. The molecule has 2 heterocycles. The summed E-state index contributed by atoms with van der Waals surface area (Å²) < 4.78 is 1.12. The first kappa shape index (κ1) is 13.2. The molecule has 2 atom stereocenters. The molecule has 0 saturated carbocycles. The van der Waals surface area contributed by atoms with Crippen molar-refractivity contribution in [3.8, 4) is 0 Å². The van der Waals surface area contributed by atoms with Crippen LogP contribution in [0.1, 0.15) is 34.0 Å². The van der Waals surface area contributed by atoms with Crippen LogP contribution in [-0.2, 0) is 0 Å². The topological polar surface area (TPSA) is 55.5 Å². The maximum Gasteiger partial charge on any atom is 0.249 e. The summed E-state index contributed by atoms with van der Waals surface area (Å²) in [5.74, 6) is 0.221. The molecule has 3 nitrogen and oxygen atoms in total. The number of benzene rings is 1. The number of rotatable bonds is 2. The van der Waals surface area contributed by atoms with E-state index in [1.54, 1.807) is 0 Å². The Bertz CT molecular complexity index is 597. The van der Waals surface area contributed by atoms with Crippen LogP contribution >= 0.6 is 34.4 Å². The number of carbonyl (C=O) groups is 1. The molecule has 2 unspecified atom stereocenters. The van der Waals surface area contributed by atoms with Crippen molar-refractivity contribution in [2.45, 2.75) is 18.1 Å². The van der Waals surface area contributed by atoms with E-state index in [4.69, 9.17) is 5.73 Å². The standard InChI is InChI=1S/C14H13IN2OS/c15-10-3-1-2-9(14(16)18)13(10)11-6-8-4-5-17-7-12(8)19-11/h1-3,5,7-8,11H,4,6H2,(H2,16,18). The van der Waals surface area contributed by atoms with Gasteiger partial charge in [0.25, 0.3) is 0 Å². The first-order valence-electron chi connectivity index (χ1n) is 6.13. The van der Waals surface area contributed by atoms with Gasteiger partial charge >= 0.3 is 0 Å². The smallest absolute Gasteiger partial charge is 0.249 e. The van der Waals surface area contributed by atoms with Crippen LogP contribution in [0.4, 0.5) is 0 Å². The summed E-state index contributed by atoms with van der Waals surface area (Å²) in [5.41, 5.74) is 7.26. The maximum atomic E-state index is 11.6. The minimum atomic E-state index is -0.339. The number of amides is 1. The van der Waals surface area contributed by atoms with Crippen LogP contribution in [0.15, 0.2) is 34.3 Å². The molecule has 0 bridgehead atoms. The number of carbonyl (C=O) groups excluding carboxylic acids is 1. The van der Waals surface area contributed by atoms with E-state index in [0.717, 1.165) is 22.0 Å². The first-order chi connectivity index (χ1) is 9.16. The Labute approximate surface area is 129 Å². The third kappa shape index (κ3) is 2.45. The van der Waals surface area contributed by atoms with Crippen molar-refractivity contribution in [2.75, 3.05) is 0 Å². The summed E-state index contributed by atoms with van der Waals surface area (Å²) in [4.78, 5) is 17.2. The number of thioether (sulfide) groups is 1. The lowest BCUT2D eigenvalue weighted by Gasteiger charge is -2.15. The summed E-state index contributed by atoms with van der Waals surface area (Å²) in [5, 5.41) is 0.313. The van der Waals surface area contributed by atoms with E-state index in [9.17, 15) is 4.79 Å². The van der Waals surface area contributed by atoms with Gasteiger partial charge in [0, 0.05) is 31.7 Å². The summed E-state index contributed by atoms with van der Waals surface area (Å²) in [7, 11) is 0. The second-order valence-electron chi connectivity index (χ2n) is 4.70. The van der Waals surface area contributed by atoms with Crippen molar-refractivity contribution in [1.82, 2.24) is 0 Å². The largest absolute Gasteiger partial charge is 0.366 e. The van der Waals surface area contributed by atoms with Crippen molar-refractivity contribution in [2.24, 2.45) is 16.6 Å². The summed E-state index contributed by atoms with van der Waals surface area (Å²) in [6.45, 7) is 0. The molecule has 2 N–H and O–H groups in total. The molecule has 98 valence electrons. The van der Waals surface area contributed by atoms with Gasteiger partial charge in [-0.25, -0.2) is 0 Å². The van der Waals surface area contributed by atoms with Gasteiger partial charge in [-0.05, 0) is 59.0 Å². The summed E-state index contributed by atoms with van der Waals surface area (Å²) in [6, 6.07) is 5.75. The van der Waals surface area contributed by atoms with Crippen LogP contribution in [0.25, 0.3) is 0 Å². The Kier molecular flexibility index (Phi) is 3.66. The molecule has 0 aromatic heterocycles. The number of primary amides is 1. The monoisotopic (exact) mass is 384 g/mol. The van der Waals surface area contributed by atoms with Crippen LogP contribution in [0.3, 0.4) is 0 Å². The van der Waals surface area contributed by atoms with Gasteiger partial charge < -0.3 is 5.73 Å². The lowest BCUT2D eigenvalue weighted by atomic mass is 9.94. The molecule has 1 amide bonds. The van der Waals surface area contributed by atoms with Gasteiger partial charge in [0.2, 0.25) is 5.91 Å². The minimum Gasteiger partial charge on any atom is -0.366 e. The zero-order chi connectivity index (χ0) is 13.4. The van der Waals surface area contributed by atoms with Gasteiger partial charge in [-0.1, -0.05) is 6.07 Å². The molecule has 3 rings (SSSR count). The average Bonchev–Trinajstić information content (AvgIpc) is 2.81. The fourth-order valence-electron chi connectivity index (χ4n) is 2.60. The maximum absolute atomic E-state index is 11.6. The van der Waals surface area contributed by atoms with Crippen molar-refractivity contribution < 1.29 is 4.79 Å². The molecule has 1 fully saturated rings. The third-order valence-electron chi connectivity index (χ3n) is 3.52. The Morgan fingerprint density at radius 3 is 3.05 bits per heavy atom. The molecular formula is C14H13IN2OS. The Hall–Kier alpha value is -0.820. The average molecular weight is 384 g/mol. The van der Waals surface area contributed by atoms with E-state index in [0.29, 0.717) is 16.7 Å². The normalized spacial score (nSPS) is 25.0. The molecule has 5 heteroatoms. The predicted octanol–water partition coefficient (Wildman–Crippen LogP) is 3.50. The van der Waals surface area contributed by atoms with Gasteiger partial charge in [-0.2, -0.15) is 0 Å². The molecule has 0 radical (unpaired) electrons. The molecule has 2 aliphatic rings. The molecule has 0 spiro atoms. The number of hydrogen-bond donors (Lipinski definition) is 1. The number of aliphatic imine (C=N–C) groups is 1. The molecule has 0 aliphatic carbocycles. The molecule has 2 aliphatic heterocycles. The molecule has 1 saturated heterocycles. The van der Waals surface area contributed by atoms with Crippen molar-refractivity contribution in [1.29, 1.82) is 0 Å². The molecule has 1 aromatic carbocycles. The van der Waals surface area contributed by atoms with Gasteiger partial charge in [0.1, 0.15) is 0 Å². The number of halogens is 1. The molecule has 1 aromatic rings. The van der Waals surface area contributed by atoms with Gasteiger partial charge in [0.15, 0.2) is 0 Å². The van der Waals surface area contributed by atoms with E-state index in [2.05, 4.69) is 27.6 Å². The highest BCUT2D eigenvalue weighted by Gasteiger charge is 2.34. The number of allylic oxidation sites excluding steroid dienone is 1. The summed E-state index contributed by atoms with van der Waals surface area (Å²) >= 11 is 4.12. The van der Waals surface area contributed by atoms with Crippen molar-refractivity contribution in [3.05, 3.63) is 44.0 Å². The van der Waals surface area contributed by atoms with Crippen LogP contribution in [0, 0.1) is 9.49 Å². The Morgan fingerprint density at radius 2 is 2.32 bits per heavy atom. The Balaban J connectivity index is 1.98. The lowest BCUT2D eigenvalue weighted by Crippen LogP contribution is -2.15. The zero-order valence-corrected chi connectivity index (χ0v) is 13.1. The third-order valence-corrected chi connectivity index (χ3v) is 5.88. The van der Waals surface area contributed by atoms with Crippen LogP contribution in [0.2, 0.25) is 0 Å². The highest BCUT2D eigenvalue weighted by atomic mass is 127. The van der Waals surface area contributed by atoms with Gasteiger partial charge in [-0.3, -0.25) is 9.79 Å². The Morgan fingerprint density at radius 1 is 1.47 bits per heavy atom. The number of fused-ring (bicyclic) bond motifs is 1. The second-order valence-corrected chi connectivity index (χ2v) is 7.14. The highest BCUT2D eigenvalue weighted by molar-refractivity contribution is 14.1. The van der Waals surface area contributed by atoms with Crippen LogP contribution in [0.5, 0.6) is 0 Å². The fourth-order valence-corrected chi connectivity index (χ4v) is 5.22. The van der Waals surface area contributed by atoms with Crippen molar-refractivity contribution in [3.63, 3.8) is 0 Å². The highest BCUT2D eigenvalue weighted by Crippen LogP contribution is 2.53. The number of nitrogens with two attached hydrogens (primary N) is 1. The van der Waals surface area contributed by atoms with E-state index in [-0.39, 0.29) is 5.91 Å². The quantitative estimate of drug-likeness (QED) is 0.794. The van der Waals surface area contributed by atoms with E-state index in [1.807, 2.05) is 42.4 Å². The second kappa shape index (κ2) is 5.28. The van der Waals surface area contributed by atoms with Crippen LogP contribution in [-0.4, -0.2) is 12.1 Å². The number of nitrogens with zero attached hydrogens (tertiary/aromatic N) is 1. The summed E-state index contributed by atoms with van der Waals surface area (Å²) in [6.07, 6.45) is 5.99. The van der Waals surface area contributed by atoms with Gasteiger partial charge in [0.05, 0.1) is 0 Å². The number of hydrogen-bond acceptors (Lipinski definition) is 3. The van der Waals surface area contributed by atoms with Crippen molar-refractivity contribution >= 4 is 46.5 Å². The fraction of sp³-hybridized carbons (Fsp3) is 0.286. The van der Waals surface area contributed by atoms with Gasteiger partial charge in [-0.15, -0.1) is 11.8 Å². The molecule has 19 heavy (non-hydrogen) atoms. The predicted molar refractivity (Wildman–Crippen MR) is 87.3 cm³/mol. The molecular weight excluding hydrogens is 371 g/mol. The van der Waals surface area contributed by atoms with E-state index in [1.165, 1.54) is 4.91 Å².